The molecule has 0 aliphatic heterocycles. The molecule has 3 aromatic rings. The van der Waals surface area contributed by atoms with Crippen LogP contribution in [0.2, 0.25) is 0 Å². The Hall–Kier alpha value is -3.49. The summed E-state index contributed by atoms with van der Waals surface area (Å²) in [5.41, 5.74) is 1.58. The van der Waals surface area contributed by atoms with Crippen LogP contribution in [-0.2, 0) is 18.3 Å². The summed E-state index contributed by atoms with van der Waals surface area (Å²) in [6.07, 6.45) is 0.476. The van der Waals surface area contributed by atoms with E-state index in [1.54, 1.807) is 35.9 Å². The molecule has 140 valence electrons. The van der Waals surface area contributed by atoms with Crippen LogP contribution in [0.15, 0.2) is 42.5 Å². The number of nitrogens with one attached hydrogen (secondary N) is 2. The zero-order chi connectivity index (χ0) is 19.4. The maximum atomic E-state index is 13.3. The van der Waals surface area contributed by atoms with E-state index in [0.717, 1.165) is 5.82 Å². The molecule has 27 heavy (non-hydrogen) atoms. The number of benzene rings is 2. The number of carbonyl (C=O) groups is 1. The summed E-state index contributed by atoms with van der Waals surface area (Å²) in [5, 5.41) is 16.5. The molecule has 8 nitrogen and oxygen atoms in total. The molecular formula is C18H18FN5O3. The van der Waals surface area contributed by atoms with Gasteiger partial charge in [-0.1, -0.05) is 12.1 Å². The van der Waals surface area contributed by atoms with Gasteiger partial charge in [0.05, 0.1) is 22.5 Å². The molecule has 3 rings (SSSR count). The standard InChI is InChI=1S/C18H18FN5O3/c1-23-16-10-12(19)6-7-14(16)22-17(23)8-9-20-18(25)11-21-13-4-2-3-5-15(13)24(26)27/h2-7,10,21H,8-9,11H2,1H3,(H,20,25). The van der Waals surface area contributed by atoms with Crippen LogP contribution in [0.25, 0.3) is 11.0 Å². The van der Waals surface area contributed by atoms with Crippen LogP contribution in [0.4, 0.5) is 15.8 Å². The predicted molar refractivity (Wildman–Crippen MR) is 99.0 cm³/mol. The lowest BCUT2D eigenvalue weighted by molar-refractivity contribution is -0.383. The average molecular weight is 371 g/mol. The minimum atomic E-state index is -0.505. The molecule has 0 atom stereocenters. The highest BCUT2D eigenvalue weighted by Crippen LogP contribution is 2.22. The van der Waals surface area contributed by atoms with Crippen LogP contribution < -0.4 is 10.6 Å². The summed E-state index contributed by atoms with van der Waals surface area (Å²) in [6.45, 7) is 0.260. The zero-order valence-corrected chi connectivity index (χ0v) is 14.6. The molecule has 2 aromatic carbocycles. The summed E-state index contributed by atoms with van der Waals surface area (Å²) in [4.78, 5) is 26.8. The topological polar surface area (TPSA) is 102 Å². The number of carbonyl (C=O) groups excluding carboxylic acids is 1. The van der Waals surface area contributed by atoms with E-state index >= 15 is 0 Å². The molecule has 2 N–H and O–H groups in total. The molecule has 0 aliphatic carbocycles. The van der Waals surface area contributed by atoms with E-state index in [0.29, 0.717) is 24.0 Å². The Balaban J connectivity index is 1.53. The van der Waals surface area contributed by atoms with Crippen molar-refractivity contribution in [3.63, 3.8) is 0 Å². The first-order chi connectivity index (χ1) is 13.0. The number of imidazole rings is 1. The number of aromatic nitrogens is 2. The van der Waals surface area contributed by atoms with E-state index in [4.69, 9.17) is 0 Å². The van der Waals surface area contributed by atoms with Crippen molar-refractivity contribution < 1.29 is 14.1 Å². The molecule has 9 heteroatoms. The van der Waals surface area contributed by atoms with Crippen molar-refractivity contribution >= 4 is 28.3 Å². The van der Waals surface area contributed by atoms with E-state index in [-0.39, 0.29) is 29.6 Å². The van der Waals surface area contributed by atoms with Gasteiger partial charge >= 0.3 is 0 Å². The molecule has 1 heterocycles. The number of aryl methyl sites for hydroxylation is 1. The van der Waals surface area contributed by atoms with Gasteiger partial charge in [0.1, 0.15) is 17.3 Å². The van der Waals surface area contributed by atoms with Crippen molar-refractivity contribution in [1.29, 1.82) is 0 Å². The lowest BCUT2D eigenvalue weighted by Gasteiger charge is -2.08. The fourth-order valence-electron chi connectivity index (χ4n) is 2.77. The molecule has 0 saturated carbocycles. The number of hydrogen-bond donors (Lipinski definition) is 2. The molecule has 0 spiro atoms. The van der Waals surface area contributed by atoms with Gasteiger partial charge in [0.2, 0.25) is 5.91 Å². The fraction of sp³-hybridized carbons (Fsp3) is 0.222. The second kappa shape index (κ2) is 7.81. The van der Waals surface area contributed by atoms with E-state index in [1.807, 2.05) is 0 Å². The summed E-state index contributed by atoms with van der Waals surface area (Å²) >= 11 is 0. The molecule has 1 amide bonds. The van der Waals surface area contributed by atoms with E-state index in [2.05, 4.69) is 15.6 Å². The van der Waals surface area contributed by atoms with E-state index < -0.39 is 4.92 Å². The molecule has 0 aliphatic rings. The van der Waals surface area contributed by atoms with Crippen molar-refractivity contribution in [2.45, 2.75) is 6.42 Å². The second-order valence-electron chi connectivity index (χ2n) is 5.95. The van der Waals surface area contributed by atoms with Gasteiger partial charge in [0, 0.05) is 26.1 Å². The highest BCUT2D eigenvalue weighted by molar-refractivity contribution is 5.81. The smallest absolute Gasteiger partial charge is 0.292 e. The summed E-state index contributed by atoms with van der Waals surface area (Å²) in [7, 11) is 1.79. The van der Waals surface area contributed by atoms with Gasteiger partial charge < -0.3 is 15.2 Å². The van der Waals surface area contributed by atoms with Crippen LogP contribution in [-0.4, -0.2) is 33.5 Å². The van der Waals surface area contributed by atoms with Crippen LogP contribution in [0.1, 0.15) is 5.82 Å². The van der Waals surface area contributed by atoms with Crippen molar-refractivity contribution in [3.8, 4) is 0 Å². The monoisotopic (exact) mass is 371 g/mol. The number of hydrogen-bond acceptors (Lipinski definition) is 5. The Morgan fingerprint density at radius 3 is 2.85 bits per heavy atom. The maximum absolute atomic E-state index is 13.3. The van der Waals surface area contributed by atoms with Gasteiger partial charge in [-0.3, -0.25) is 14.9 Å². The number of nitro groups is 1. The van der Waals surface area contributed by atoms with Crippen molar-refractivity contribution in [2.24, 2.45) is 7.05 Å². The molecule has 0 saturated heterocycles. The second-order valence-corrected chi connectivity index (χ2v) is 5.95. The lowest BCUT2D eigenvalue weighted by atomic mass is 10.2. The quantitative estimate of drug-likeness (QED) is 0.490. The fourth-order valence-corrected chi connectivity index (χ4v) is 2.77. The largest absolute Gasteiger partial charge is 0.371 e. The SMILES string of the molecule is Cn1c(CCNC(=O)CNc2ccccc2[N+](=O)[O-])nc2ccc(F)cc21. The molecule has 0 radical (unpaired) electrons. The van der Waals surface area contributed by atoms with Crippen LogP contribution in [0.3, 0.4) is 0 Å². The third kappa shape index (κ3) is 4.20. The van der Waals surface area contributed by atoms with Crippen LogP contribution >= 0.6 is 0 Å². The maximum Gasteiger partial charge on any atom is 0.292 e. The first-order valence-corrected chi connectivity index (χ1v) is 8.30. The van der Waals surface area contributed by atoms with Crippen LogP contribution in [0, 0.1) is 15.9 Å². The first-order valence-electron chi connectivity index (χ1n) is 8.30. The number of anilines is 1. The number of nitro benzene ring substituents is 1. The third-order valence-electron chi connectivity index (χ3n) is 4.15. The Bertz CT molecular complexity index is 1000. The van der Waals surface area contributed by atoms with Gasteiger partial charge in [-0.15, -0.1) is 0 Å². The summed E-state index contributed by atoms with van der Waals surface area (Å²) in [6, 6.07) is 10.5. The Morgan fingerprint density at radius 2 is 2.07 bits per heavy atom. The number of rotatable bonds is 7. The molecule has 0 fully saturated rings. The highest BCUT2D eigenvalue weighted by atomic mass is 19.1. The predicted octanol–water partition coefficient (Wildman–Crippen LogP) is 2.39. The highest BCUT2D eigenvalue weighted by Gasteiger charge is 2.13. The van der Waals surface area contributed by atoms with Gasteiger partial charge in [0.15, 0.2) is 0 Å². The van der Waals surface area contributed by atoms with Crippen molar-refractivity contribution in [3.05, 3.63) is 64.2 Å². The number of halogens is 1. The van der Waals surface area contributed by atoms with Gasteiger partial charge in [0.25, 0.3) is 5.69 Å². The van der Waals surface area contributed by atoms with E-state index in [9.17, 15) is 19.3 Å². The first kappa shape index (κ1) is 18.3. The normalized spacial score (nSPS) is 10.7. The molecule has 1 aromatic heterocycles. The van der Waals surface area contributed by atoms with Crippen molar-refractivity contribution in [2.75, 3.05) is 18.4 Å². The molecule has 0 unspecified atom stereocenters. The summed E-state index contributed by atoms with van der Waals surface area (Å²) in [5.74, 6) is 0.104. The van der Waals surface area contributed by atoms with Gasteiger partial charge in [-0.2, -0.15) is 0 Å². The Labute approximate surface area is 154 Å². The molecular weight excluding hydrogens is 353 g/mol. The Kier molecular flexibility index (Phi) is 5.30. The number of fused-ring (bicyclic) bond motifs is 1. The Morgan fingerprint density at radius 1 is 1.30 bits per heavy atom. The lowest BCUT2D eigenvalue weighted by Crippen LogP contribution is -2.31. The summed E-state index contributed by atoms with van der Waals surface area (Å²) < 4.78 is 15.1. The van der Waals surface area contributed by atoms with Crippen LogP contribution in [0.5, 0.6) is 0 Å². The third-order valence-corrected chi connectivity index (χ3v) is 4.15. The van der Waals surface area contributed by atoms with E-state index in [1.165, 1.54) is 18.2 Å². The molecule has 0 bridgehead atoms. The minimum Gasteiger partial charge on any atom is -0.371 e. The average Bonchev–Trinajstić information content (AvgIpc) is 2.96. The van der Waals surface area contributed by atoms with Gasteiger partial charge in [-0.05, 0) is 24.3 Å². The number of amides is 1. The van der Waals surface area contributed by atoms with Crippen molar-refractivity contribution in [1.82, 2.24) is 14.9 Å². The number of nitrogens with zero attached hydrogens (tertiary/aromatic N) is 3. The zero-order valence-electron chi connectivity index (χ0n) is 14.6. The minimum absolute atomic E-state index is 0.0847. The number of para-hydroxylation sites is 2. The van der Waals surface area contributed by atoms with Gasteiger partial charge in [-0.25, -0.2) is 9.37 Å².